The first-order chi connectivity index (χ1) is 3.80. The van der Waals surface area contributed by atoms with E-state index in [1.807, 2.05) is 0 Å². The van der Waals surface area contributed by atoms with Crippen LogP contribution in [-0.2, 0) is 0 Å². The van der Waals surface area contributed by atoms with E-state index in [9.17, 15) is 0 Å². The van der Waals surface area contributed by atoms with E-state index in [4.69, 9.17) is 5.73 Å². The van der Waals surface area contributed by atoms with Gasteiger partial charge in [-0.1, -0.05) is 6.20 Å². The molecule has 5 heteroatoms. The van der Waals surface area contributed by atoms with Crippen LogP contribution in [0.25, 0.3) is 5.73 Å². The van der Waals surface area contributed by atoms with Crippen molar-refractivity contribution in [3.05, 3.63) is 30.9 Å². The fraction of sp³-hybridized carbons (Fsp3) is 0. The number of rotatable bonds is 0. The molecule has 0 aromatic carbocycles. The van der Waals surface area contributed by atoms with Crippen molar-refractivity contribution < 1.29 is 37.7 Å². The average molecular weight is 121 g/mol. The molecule has 3 nitrogen and oxygen atoms in total. The van der Waals surface area contributed by atoms with Gasteiger partial charge in [-0.15, -0.1) is 5.69 Å². The summed E-state index contributed by atoms with van der Waals surface area (Å²) in [6.07, 6.45) is 2.79. The topological polar surface area (TPSA) is 49.6 Å². The first-order valence-electron chi connectivity index (χ1n) is 2.14. The van der Waals surface area contributed by atoms with E-state index < -0.39 is 0 Å². The van der Waals surface area contributed by atoms with Crippen LogP contribution in [0, 0.1) is 6.92 Å². The largest absolute Gasteiger partial charge is 1.00 e. The summed E-state index contributed by atoms with van der Waals surface area (Å²) in [5.41, 5.74) is 7.79. The number of hydrogen-bond donors (Lipinski definition) is 0. The van der Waals surface area contributed by atoms with Crippen LogP contribution in [0.3, 0.4) is 0 Å². The van der Waals surface area contributed by atoms with Crippen LogP contribution in [0.5, 0.6) is 0 Å². The van der Waals surface area contributed by atoms with Crippen molar-refractivity contribution in [1.82, 2.24) is 9.97 Å². The van der Waals surface area contributed by atoms with Crippen molar-refractivity contribution in [3.63, 3.8) is 0 Å². The maximum Gasteiger partial charge on any atom is 1.00 e. The SMILES string of the molecule is [CH2-]c1ncncc1[NH-].[Li+].[Li+]. The van der Waals surface area contributed by atoms with E-state index in [1.165, 1.54) is 12.5 Å². The van der Waals surface area contributed by atoms with Gasteiger partial charge in [0.1, 0.15) is 6.33 Å². The first-order valence-corrected chi connectivity index (χ1v) is 2.14. The molecule has 0 aliphatic carbocycles. The second kappa shape index (κ2) is 5.71. The number of aromatic nitrogens is 2. The second-order valence-corrected chi connectivity index (χ2v) is 1.38. The molecule has 0 aliphatic rings. The van der Waals surface area contributed by atoms with Crippen LogP contribution in [-0.4, -0.2) is 9.97 Å². The van der Waals surface area contributed by atoms with Gasteiger partial charge in [-0.25, -0.2) is 6.92 Å². The number of hydrogen-bond acceptors (Lipinski definition) is 2. The van der Waals surface area contributed by atoms with Gasteiger partial charge in [0.2, 0.25) is 0 Å². The summed E-state index contributed by atoms with van der Waals surface area (Å²) in [4.78, 5) is 7.28. The van der Waals surface area contributed by atoms with Gasteiger partial charge in [-0.05, 0) is 0 Å². The second-order valence-electron chi connectivity index (χ2n) is 1.38. The maximum absolute atomic E-state index is 7.03. The fourth-order valence-electron chi connectivity index (χ4n) is 0.355. The van der Waals surface area contributed by atoms with Gasteiger partial charge in [0, 0.05) is 0 Å². The third-order valence-electron chi connectivity index (χ3n) is 0.795. The van der Waals surface area contributed by atoms with Gasteiger partial charge >= 0.3 is 37.7 Å². The monoisotopic (exact) mass is 121 g/mol. The Morgan fingerprint density at radius 1 is 1.40 bits per heavy atom. The molecule has 1 aromatic rings. The molecule has 0 unspecified atom stereocenters. The van der Waals surface area contributed by atoms with Crippen LogP contribution in [0.2, 0.25) is 0 Å². The van der Waals surface area contributed by atoms with Crippen LogP contribution >= 0.6 is 0 Å². The fourth-order valence-corrected chi connectivity index (χ4v) is 0.355. The van der Waals surface area contributed by atoms with E-state index in [0.29, 0.717) is 5.69 Å². The molecule has 1 heterocycles. The molecule has 0 radical (unpaired) electrons. The van der Waals surface area contributed by atoms with Gasteiger partial charge in [0.15, 0.2) is 0 Å². The van der Waals surface area contributed by atoms with Crippen molar-refractivity contribution in [2.75, 3.05) is 0 Å². The number of nitrogens with zero attached hydrogens (tertiary/aromatic N) is 2. The minimum atomic E-state index is 0. The van der Waals surface area contributed by atoms with Gasteiger partial charge < -0.3 is 5.73 Å². The molecule has 0 atom stereocenters. The summed E-state index contributed by atoms with van der Waals surface area (Å²) in [7, 11) is 0. The minimum absolute atomic E-state index is 0. The zero-order valence-electron chi connectivity index (χ0n) is 6.26. The average Bonchev–Trinajstić information content (AvgIpc) is 1.77. The Hall–Kier alpha value is -0.0552. The van der Waals surface area contributed by atoms with Crippen molar-refractivity contribution in [2.45, 2.75) is 0 Å². The molecule has 0 saturated heterocycles. The molecule has 0 fully saturated rings. The molecule has 0 spiro atoms. The van der Waals surface area contributed by atoms with E-state index >= 15 is 0 Å². The van der Waals surface area contributed by atoms with Crippen molar-refractivity contribution in [2.24, 2.45) is 0 Å². The molecule has 42 valence electrons. The third-order valence-corrected chi connectivity index (χ3v) is 0.795. The zero-order chi connectivity index (χ0) is 5.98. The summed E-state index contributed by atoms with van der Waals surface area (Å²) in [6.45, 7) is 3.48. The third kappa shape index (κ3) is 3.20. The Balaban J connectivity index is 0. The smallest absolute Gasteiger partial charge is 0.781 e. The summed E-state index contributed by atoms with van der Waals surface area (Å²) in [6, 6.07) is 0. The molecule has 1 aromatic heterocycles. The van der Waals surface area contributed by atoms with Gasteiger partial charge in [-0.3, -0.25) is 15.7 Å². The molecule has 0 amide bonds. The Morgan fingerprint density at radius 2 is 2.00 bits per heavy atom. The van der Waals surface area contributed by atoms with Crippen molar-refractivity contribution in [1.29, 1.82) is 0 Å². The Bertz CT molecular complexity index is 171. The summed E-state index contributed by atoms with van der Waals surface area (Å²) in [5.74, 6) is 0. The number of nitrogens with one attached hydrogen (secondary N) is 1. The van der Waals surface area contributed by atoms with Gasteiger partial charge in [0.25, 0.3) is 0 Å². The quantitative estimate of drug-likeness (QED) is 0.256. The van der Waals surface area contributed by atoms with E-state index in [-0.39, 0.29) is 43.4 Å². The van der Waals surface area contributed by atoms with Crippen LogP contribution in [0.1, 0.15) is 5.69 Å². The molecular formula is C5H5Li2N3. The van der Waals surface area contributed by atoms with Crippen molar-refractivity contribution >= 4 is 5.69 Å². The normalized spacial score (nSPS) is 7.20. The Morgan fingerprint density at radius 3 is 2.30 bits per heavy atom. The van der Waals surface area contributed by atoms with E-state index in [2.05, 4.69) is 16.9 Å². The standard InChI is InChI=1S/C5H5N3.2Li/c1-4-5(6)2-7-3-8-4;;/h2-3,6H,1H2;;/q-2;2*+1. The van der Waals surface area contributed by atoms with E-state index in [0.717, 1.165) is 0 Å². The molecular weight excluding hydrogens is 116 g/mol. The predicted octanol–water partition coefficient (Wildman–Crippen LogP) is -4.65. The van der Waals surface area contributed by atoms with E-state index in [1.54, 1.807) is 0 Å². The molecule has 0 aliphatic heterocycles. The zero-order valence-corrected chi connectivity index (χ0v) is 6.26. The van der Waals surface area contributed by atoms with Crippen molar-refractivity contribution in [3.8, 4) is 0 Å². The summed E-state index contributed by atoms with van der Waals surface area (Å²) < 4.78 is 0. The predicted molar refractivity (Wildman–Crippen MR) is 30.5 cm³/mol. The molecule has 1 N–H and O–H groups in total. The minimum Gasteiger partial charge on any atom is -0.781 e. The molecule has 0 saturated carbocycles. The molecule has 0 bridgehead atoms. The molecule has 10 heavy (non-hydrogen) atoms. The Labute approximate surface area is 84.2 Å². The molecule has 1 rings (SSSR count). The van der Waals surface area contributed by atoms with Crippen LogP contribution < -0.4 is 37.7 Å². The first kappa shape index (κ1) is 12.6. The maximum atomic E-state index is 7.03. The summed E-state index contributed by atoms with van der Waals surface area (Å²) >= 11 is 0. The Kier molecular flexibility index (Phi) is 7.20. The summed E-state index contributed by atoms with van der Waals surface area (Å²) in [5, 5.41) is 0. The van der Waals surface area contributed by atoms with Gasteiger partial charge in [-0.2, -0.15) is 0 Å². The van der Waals surface area contributed by atoms with Crippen LogP contribution in [0.4, 0.5) is 5.69 Å². The van der Waals surface area contributed by atoms with Gasteiger partial charge in [0.05, 0.1) is 0 Å². The van der Waals surface area contributed by atoms with Crippen LogP contribution in [0.15, 0.2) is 12.5 Å².